The normalized spacial score (nSPS) is 12.9. The van der Waals surface area contributed by atoms with Crippen LogP contribution in [0.4, 0.5) is 0 Å². The maximum atomic E-state index is 9.73. The number of hydrogen-bond donors (Lipinski definition) is 2. The summed E-state index contributed by atoms with van der Waals surface area (Å²) in [6, 6.07) is 3.90. The molecular weight excluding hydrogens is 310 g/mol. The van der Waals surface area contributed by atoms with E-state index in [1.165, 1.54) is 0 Å². The molecule has 0 aliphatic rings. The number of hydrogen-bond acceptors (Lipinski definition) is 2. The van der Waals surface area contributed by atoms with Crippen LogP contribution < -0.4 is 5.73 Å². The van der Waals surface area contributed by atoms with Crippen LogP contribution in [0.5, 0.6) is 5.75 Å². The quantitative estimate of drug-likeness (QED) is 0.897. The van der Waals surface area contributed by atoms with Crippen molar-refractivity contribution in [2.45, 2.75) is 25.8 Å². The number of benzene rings is 1. The zero-order valence-electron chi connectivity index (χ0n) is 7.93. The molecule has 14 heavy (non-hydrogen) atoms. The Balaban J connectivity index is 2.85. The van der Waals surface area contributed by atoms with Crippen molar-refractivity contribution in [1.29, 1.82) is 0 Å². The number of halogens is 2. The molecule has 4 heteroatoms. The third-order valence-electron chi connectivity index (χ3n) is 1.98. The van der Waals surface area contributed by atoms with Crippen molar-refractivity contribution in [3.05, 3.63) is 26.6 Å². The van der Waals surface area contributed by atoms with Crippen LogP contribution in [0, 0.1) is 0 Å². The van der Waals surface area contributed by atoms with Crippen molar-refractivity contribution in [2.75, 3.05) is 0 Å². The molecule has 78 valence electrons. The molecule has 0 bridgehead atoms. The first-order valence-electron chi connectivity index (χ1n) is 4.43. The maximum absolute atomic E-state index is 9.73. The standard InChI is InChI=1S/C10H13Br2NO/c1-6(13)2-3-7-4-8(11)5-9(12)10(7)14/h4-6,14H,2-3,13H2,1H3. The second kappa shape index (κ2) is 5.14. The molecule has 0 saturated heterocycles. The predicted octanol–water partition coefficient (Wildman–Crippen LogP) is 3.20. The van der Waals surface area contributed by atoms with Crippen molar-refractivity contribution in [2.24, 2.45) is 5.73 Å². The van der Waals surface area contributed by atoms with Crippen molar-refractivity contribution < 1.29 is 5.11 Å². The fourth-order valence-corrected chi connectivity index (χ4v) is 2.51. The van der Waals surface area contributed by atoms with Gasteiger partial charge in [0, 0.05) is 10.5 Å². The first-order chi connectivity index (χ1) is 6.50. The van der Waals surface area contributed by atoms with E-state index in [2.05, 4.69) is 31.9 Å². The molecule has 0 radical (unpaired) electrons. The van der Waals surface area contributed by atoms with Gasteiger partial charge in [-0.1, -0.05) is 15.9 Å². The lowest BCUT2D eigenvalue weighted by atomic mass is 10.1. The van der Waals surface area contributed by atoms with Crippen molar-refractivity contribution in [3.63, 3.8) is 0 Å². The van der Waals surface area contributed by atoms with Gasteiger partial charge in [-0.3, -0.25) is 0 Å². The lowest BCUT2D eigenvalue weighted by Gasteiger charge is -2.09. The van der Waals surface area contributed by atoms with Crippen LogP contribution in [-0.2, 0) is 6.42 Å². The minimum Gasteiger partial charge on any atom is -0.506 e. The van der Waals surface area contributed by atoms with Gasteiger partial charge in [0.2, 0.25) is 0 Å². The molecule has 1 unspecified atom stereocenters. The Morgan fingerprint density at radius 1 is 1.43 bits per heavy atom. The minimum atomic E-state index is 0.159. The smallest absolute Gasteiger partial charge is 0.133 e. The number of nitrogens with two attached hydrogens (primary N) is 1. The van der Waals surface area contributed by atoms with E-state index in [9.17, 15) is 5.11 Å². The summed E-state index contributed by atoms with van der Waals surface area (Å²) in [5.74, 6) is 0.314. The van der Waals surface area contributed by atoms with Gasteiger partial charge in [-0.25, -0.2) is 0 Å². The summed E-state index contributed by atoms with van der Waals surface area (Å²) in [7, 11) is 0. The van der Waals surface area contributed by atoms with E-state index in [1.807, 2.05) is 19.1 Å². The molecule has 1 aromatic carbocycles. The third kappa shape index (κ3) is 3.26. The fourth-order valence-electron chi connectivity index (χ4n) is 1.19. The van der Waals surface area contributed by atoms with Crippen LogP contribution in [0.25, 0.3) is 0 Å². The van der Waals surface area contributed by atoms with Gasteiger partial charge in [0.05, 0.1) is 4.47 Å². The van der Waals surface area contributed by atoms with Gasteiger partial charge in [-0.15, -0.1) is 0 Å². The molecule has 0 spiro atoms. The Labute approximate surface area is 101 Å². The van der Waals surface area contributed by atoms with E-state index >= 15 is 0 Å². The monoisotopic (exact) mass is 321 g/mol. The average molecular weight is 323 g/mol. The van der Waals surface area contributed by atoms with E-state index in [0.717, 1.165) is 22.9 Å². The van der Waals surface area contributed by atoms with E-state index in [1.54, 1.807) is 0 Å². The maximum Gasteiger partial charge on any atom is 0.133 e. The van der Waals surface area contributed by atoms with Gasteiger partial charge in [0.1, 0.15) is 5.75 Å². The van der Waals surface area contributed by atoms with Gasteiger partial charge in [-0.05, 0) is 53.4 Å². The summed E-state index contributed by atoms with van der Waals surface area (Å²) in [5, 5.41) is 9.73. The Kier molecular flexibility index (Phi) is 4.41. The predicted molar refractivity (Wildman–Crippen MR) is 65.5 cm³/mol. The van der Waals surface area contributed by atoms with Crippen LogP contribution in [0.3, 0.4) is 0 Å². The number of aromatic hydroxyl groups is 1. The van der Waals surface area contributed by atoms with Crippen LogP contribution in [-0.4, -0.2) is 11.1 Å². The van der Waals surface area contributed by atoms with Gasteiger partial charge < -0.3 is 10.8 Å². The summed E-state index contributed by atoms with van der Waals surface area (Å²) >= 11 is 6.67. The molecule has 0 saturated carbocycles. The average Bonchev–Trinajstić information content (AvgIpc) is 2.08. The Morgan fingerprint density at radius 3 is 2.64 bits per heavy atom. The number of rotatable bonds is 3. The molecular formula is C10H13Br2NO. The first kappa shape index (κ1) is 12.0. The molecule has 1 rings (SSSR count). The number of phenolic OH excluding ortho intramolecular Hbond substituents is 1. The second-order valence-electron chi connectivity index (χ2n) is 3.41. The van der Waals surface area contributed by atoms with Crippen molar-refractivity contribution in [3.8, 4) is 5.75 Å². The SMILES string of the molecule is CC(N)CCc1cc(Br)cc(Br)c1O. The molecule has 0 aliphatic carbocycles. The highest BCUT2D eigenvalue weighted by atomic mass is 79.9. The molecule has 1 atom stereocenters. The second-order valence-corrected chi connectivity index (χ2v) is 5.18. The van der Waals surface area contributed by atoms with Gasteiger partial charge in [0.25, 0.3) is 0 Å². The highest BCUT2D eigenvalue weighted by Gasteiger charge is 2.07. The van der Waals surface area contributed by atoms with Crippen molar-refractivity contribution in [1.82, 2.24) is 0 Å². The summed E-state index contributed by atoms with van der Waals surface area (Å²) in [6.07, 6.45) is 1.66. The number of phenols is 1. The third-order valence-corrected chi connectivity index (χ3v) is 3.04. The molecule has 1 aromatic rings. The summed E-state index contributed by atoms with van der Waals surface area (Å²) in [4.78, 5) is 0. The molecule has 0 fully saturated rings. The zero-order chi connectivity index (χ0) is 10.7. The van der Waals surface area contributed by atoms with Crippen LogP contribution in [0.1, 0.15) is 18.9 Å². The lowest BCUT2D eigenvalue weighted by Crippen LogP contribution is -2.15. The molecule has 3 N–H and O–H groups in total. The summed E-state index contributed by atoms with van der Waals surface area (Å²) in [6.45, 7) is 1.96. The van der Waals surface area contributed by atoms with Gasteiger partial charge in [0.15, 0.2) is 0 Å². The summed E-state index contributed by atoms with van der Waals surface area (Å²) in [5.41, 5.74) is 6.58. The number of aryl methyl sites for hydroxylation is 1. The Bertz CT molecular complexity index is 326. The molecule has 0 aliphatic heterocycles. The van der Waals surface area contributed by atoms with Gasteiger partial charge in [-0.2, -0.15) is 0 Å². The Morgan fingerprint density at radius 2 is 2.07 bits per heavy atom. The molecule has 0 heterocycles. The van der Waals surface area contributed by atoms with Crippen LogP contribution >= 0.6 is 31.9 Å². The van der Waals surface area contributed by atoms with E-state index in [-0.39, 0.29) is 6.04 Å². The van der Waals surface area contributed by atoms with E-state index in [4.69, 9.17) is 5.73 Å². The van der Waals surface area contributed by atoms with E-state index in [0.29, 0.717) is 10.2 Å². The molecule has 0 aromatic heterocycles. The van der Waals surface area contributed by atoms with Gasteiger partial charge >= 0.3 is 0 Å². The fraction of sp³-hybridized carbons (Fsp3) is 0.400. The van der Waals surface area contributed by atoms with Crippen molar-refractivity contribution >= 4 is 31.9 Å². The lowest BCUT2D eigenvalue weighted by molar-refractivity contribution is 0.462. The topological polar surface area (TPSA) is 46.2 Å². The zero-order valence-corrected chi connectivity index (χ0v) is 11.1. The Hall–Kier alpha value is -0.0600. The summed E-state index contributed by atoms with van der Waals surface area (Å²) < 4.78 is 1.67. The molecule has 0 amide bonds. The first-order valence-corrected chi connectivity index (χ1v) is 6.01. The van der Waals surface area contributed by atoms with Crippen LogP contribution in [0.15, 0.2) is 21.1 Å². The largest absolute Gasteiger partial charge is 0.506 e. The minimum absolute atomic E-state index is 0.159. The van der Waals surface area contributed by atoms with Crippen LogP contribution in [0.2, 0.25) is 0 Å². The molecule has 2 nitrogen and oxygen atoms in total. The highest BCUT2D eigenvalue weighted by Crippen LogP contribution is 2.32. The van der Waals surface area contributed by atoms with E-state index < -0.39 is 0 Å². The highest BCUT2D eigenvalue weighted by molar-refractivity contribution is 9.11.